The van der Waals surface area contributed by atoms with E-state index in [0.29, 0.717) is 25.3 Å². The van der Waals surface area contributed by atoms with Gasteiger partial charge in [-0.25, -0.2) is 0 Å². The number of aliphatic hydroxyl groups excluding tert-OH is 1. The van der Waals surface area contributed by atoms with Crippen LogP contribution in [0, 0.1) is 0 Å². The van der Waals surface area contributed by atoms with Gasteiger partial charge in [-0.05, 0) is 24.7 Å². The van der Waals surface area contributed by atoms with Gasteiger partial charge in [-0.3, -0.25) is 9.69 Å². The number of ether oxygens (including phenoxy) is 2. The molecule has 2 saturated heterocycles. The summed E-state index contributed by atoms with van der Waals surface area (Å²) in [5, 5.41) is 10.4. The lowest BCUT2D eigenvalue weighted by Crippen LogP contribution is -2.52. The Kier molecular flexibility index (Phi) is 4.54. The van der Waals surface area contributed by atoms with Crippen molar-refractivity contribution >= 4 is 5.91 Å². The van der Waals surface area contributed by atoms with E-state index in [0.717, 1.165) is 37.5 Å². The van der Waals surface area contributed by atoms with Crippen molar-refractivity contribution < 1.29 is 19.4 Å². The van der Waals surface area contributed by atoms with Crippen LogP contribution < -0.4 is 9.47 Å². The third-order valence-corrected chi connectivity index (χ3v) is 5.41. The molecule has 2 fully saturated rings. The Morgan fingerprint density at radius 1 is 1.16 bits per heavy atom. The summed E-state index contributed by atoms with van der Waals surface area (Å²) < 4.78 is 10.7. The van der Waals surface area contributed by atoms with Crippen molar-refractivity contribution in [1.29, 1.82) is 0 Å². The number of hydrogen-bond donors (Lipinski definition) is 1. The standard InChI is InChI=1S/C18H25N3O4/c1-19-4-6-20(7-5-19)14-10-21(11-15(14)22)18(23)9-13-2-3-16-17(8-13)25-12-24-16/h2-3,8,14-15,22H,4-7,9-12H2,1H3/t14-,15-/m1/s1. The summed E-state index contributed by atoms with van der Waals surface area (Å²) in [5.74, 6) is 1.47. The van der Waals surface area contributed by atoms with Crippen molar-refractivity contribution in [3.63, 3.8) is 0 Å². The maximum atomic E-state index is 12.7. The molecule has 0 aromatic heterocycles. The SMILES string of the molecule is CN1CCN([C@@H]2CN(C(=O)Cc3ccc4c(c3)OCO4)C[C@H]2O)CC1. The maximum absolute atomic E-state index is 12.7. The molecule has 25 heavy (non-hydrogen) atoms. The van der Waals surface area contributed by atoms with E-state index in [1.807, 2.05) is 18.2 Å². The average Bonchev–Trinajstić information content (AvgIpc) is 3.22. The topological polar surface area (TPSA) is 65.5 Å². The van der Waals surface area contributed by atoms with Crippen LogP contribution in [0.4, 0.5) is 0 Å². The number of piperazine rings is 1. The Labute approximate surface area is 147 Å². The zero-order chi connectivity index (χ0) is 17.4. The van der Waals surface area contributed by atoms with E-state index in [1.54, 1.807) is 4.90 Å². The molecule has 1 amide bonds. The number of nitrogens with zero attached hydrogens (tertiary/aromatic N) is 3. The minimum absolute atomic E-state index is 0.0504. The number of amides is 1. The lowest BCUT2D eigenvalue weighted by molar-refractivity contribution is -0.129. The minimum Gasteiger partial charge on any atom is -0.454 e. The fourth-order valence-electron chi connectivity index (χ4n) is 3.82. The van der Waals surface area contributed by atoms with Gasteiger partial charge < -0.3 is 24.4 Å². The van der Waals surface area contributed by atoms with Crippen LogP contribution in [0.2, 0.25) is 0 Å². The predicted octanol–water partition coefficient (Wildman–Crippen LogP) is -0.223. The van der Waals surface area contributed by atoms with E-state index in [9.17, 15) is 9.90 Å². The molecule has 1 aromatic carbocycles. The molecule has 4 rings (SSSR count). The highest BCUT2D eigenvalue weighted by molar-refractivity contribution is 5.79. The van der Waals surface area contributed by atoms with Crippen LogP contribution in [-0.4, -0.2) is 91.0 Å². The zero-order valence-corrected chi connectivity index (χ0v) is 14.6. The third-order valence-electron chi connectivity index (χ3n) is 5.41. The van der Waals surface area contributed by atoms with Crippen molar-refractivity contribution in [2.75, 3.05) is 53.1 Å². The second-order valence-corrected chi connectivity index (χ2v) is 7.14. The molecular weight excluding hydrogens is 322 g/mol. The Balaban J connectivity index is 1.36. The van der Waals surface area contributed by atoms with Crippen molar-refractivity contribution in [3.8, 4) is 11.5 Å². The van der Waals surface area contributed by atoms with E-state index >= 15 is 0 Å². The molecule has 0 aliphatic carbocycles. The first-order valence-corrected chi connectivity index (χ1v) is 8.87. The number of benzene rings is 1. The number of likely N-dealkylation sites (tertiary alicyclic amines) is 1. The van der Waals surface area contributed by atoms with Crippen LogP contribution in [0.25, 0.3) is 0 Å². The first-order chi connectivity index (χ1) is 12.1. The lowest BCUT2D eigenvalue weighted by Gasteiger charge is -2.37. The molecule has 7 heteroatoms. The second-order valence-electron chi connectivity index (χ2n) is 7.14. The number of likely N-dealkylation sites (N-methyl/N-ethyl adjacent to an activating group) is 1. The van der Waals surface area contributed by atoms with Crippen molar-refractivity contribution in [1.82, 2.24) is 14.7 Å². The molecule has 3 aliphatic rings. The van der Waals surface area contributed by atoms with Crippen LogP contribution >= 0.6 is 0 Å². The summed E-state index contributed by atoms with van der Waals surface area (Å²) >= 11 is 0. The van der Waals surface area contributed by atoms with Gasteiger partial charge in [0.1, 0.15) is 0 Å². The minimum atomic E-state index is -0.468. The van der Waals surface area contributed by atoms with Crippen LogP contribution in [0.5, 0.6) is 11.5 Å². The smallest absolute Gasteiger partial charge is 0.231 e. The first-order valence-electron chi connectivity index (χ1n) is 8.87. The molecular formula is C18H25N3O4. The van der Waals surface area contributed by atoms with Crippen LogP contribution in [0.1, 0.15) is 5.56 Å². The van der Waals surface area contributed by atoms with E-state index < -0.39 is 6.10 Å². The summed E-state index contributed by atoms with van der Waals surface area (Å²) in [4.78, 5) is 19.1. The van der Waals surface area contributed by atoms with Gasteiger partial charge in [0.05, 0.1) is 18.6 Å². The number of aliphatic hydroxyl groups is 1. The van der Waals surface area contributed by atoms with Crippen LogP contribution in [0.15, 0.2) is 18.2 Å². The predicted molar refractivity (Wildman–Crippen MR) is 91.7 cm³/mol. The number of hydrogen-bond acceptors (Lipinski definition) is 6. The van der Waals surface area contributed by atoms with E-state index in [-0.39, 0.29) is 18.7 Å². The van der Waals surface area contributed by atoms with Crippen molar-refractivity contribution in [2.45, 2.75) is 18.6 Å². The number of carbonyl (C=O) groups is 1. The highest BCUT2D eigenvalue weighted by atomic mass is 16.7. The molecule has 0 spiro atoms. The third kappa shape index (κ3) is 3.44. The van der Waals surface area contributed by atoms with Gasteiger partial charge in [0.2, 0.25) is 12.7 Å². The molecule has 3 aliphatic heterocycles. The normalized spacial score (nSPS) is 27.0. The van der Waals surface area contributed by atoms with E-state index in [1.165, 1.54) is 0 Å². The number of carbonyl (C=O) groups excluding carboxylic acids is 1. The highest BCUT2D eigenvalue weighted by Crippen LogP contribution is 2.32. The van der Waals surface area contributed by atoms with Crippen molar-refractivity contribution in [3.05, 3.63) is 23.8 Å². The summed E-state index contributed by atoms with van der Waals surface area (Å²) in [6, 6.07) is 5.66. The number of rotatable bonds is 3. The molecule has 3 heterocycles. The van der Waals surface area contributed by atoms with Crippen molar-refractivity contribution in [2.24, 2.45) is 0 Å². The molecule has 0 unspecified atom stereocenters. The summed E-state index contributed by atoms with van der Waals surface area (Å²) in [5.41, 5.74) is 0.909. The van der Waals surface area contributed by atoms with Gasteiger partial charge in [0.15, 0.2) is 11.5 Å². The quantitative estimate of drug-likeness (QED) is 0.815. The molecule has 1 N–H and O–H groups in total. The second kappa shape index (κ2) is 6.82. The first kappa shape index (κ1) is 16.6. The molecule has 0 bridgehead atoms. The number of β-amino-alcohol motifs (C(OH)–C–C–N with tert-alkyl or cyclic N) is 1. The molecule has 0 radical (unpaired) electrons. The van der Waals surface area contributed by atoms with Gasteiger partial charge in [-0.1, -0.05) is 6.07 Å². The Morgan fingerprint density at radius 3 is 2.72 bits per heavy atom. The zero-order valence-electron chi connectivity index (χ0n) is 14.6. The van der Waals surface area contributed by atoms with Gasteiger partial charge in [-0.15, -0.1) is 0 Å². The summed E-state index contributed by atoms with van der Waals surface area (Å²) in [6.45, 7) is 5.17. The fourth-order valence-corrected chi connectivity index (χ4v) is 3.82. The van der Waals surface area contributed by atoms with E-state index in [4.69, 9.17) is 9.47 Å². The largest absolute Gasteiger partial charge is 0.454 e. The van der Waals surface area contributed by atoms with Gasteiger partial charge >= 0.3 is 0 Å². The monoisotopic (exact) mass is 347 g/mol. The number of fused-ring (bicyclic) bond motifs is 1. The van der Waals surface area contributed by atoms with Crippen LogP contribution in [0.3, 0.4) is 0 Å². The van der Waals surface area contributed by atoms with Gasteiger partial charge in [0.25, 0.3) is 0 Å². The fraction of sp³-hybridized carbons (Fsp3) is 0.611. The molecule has 2 atom stereocenters. The molecule has 7 nitrogen and oxygen atoms in total. The Bertz CT molecular complexity index is 645. The van der Waals surface area contributed by atoms with Gasteiger partial charge in [-0.2, -0.15) is 0 Å². The lowest BCUT2D eigenvalue weighted by atomic mass is 10.1. The molecule has 0 saturated carbocycles. The summed E-state index contributed by atoms with van der Waals surface area (Å²) in [7, 11) is 2.11. The molecule has 1 aromatic rings. The van der Waals surface area contributed by atoms with E-state index in [2.05, 4.69) is 16.8 Å². The highest BCUT2D eigenvalue weighted by Gasteiger charge is 2.38. The average molecular weight is 347 g/mol. The summed E-state index contributed by atoms with van der Waals surface area (Å²) in [6.07, 6.45) is -0.150. The van der Waals surface area contributed by atoms with Crippen LogP contribution in [-0.2, 0) is 11.2 Å². The Morgan fingerprint density at radius 2 is 1.92 bits per heavy atom. The Hall–Kier alpha value is -1.83. The maximum Gasteiger partial charge on any atom is 0.231 e. The van der Waals surface area contributed by atoms with Gasteiger partial charge in [0, 0.05) is 39.3 Å². The molecule has 136 valence electrons.